The standard InChI is InChI=1S/C31H43N3O5/c1-6-21(5)28(29(32)36)34-31(38)26(33-30(37)25(17-20(3)4)19-27(35)39-7-2)18-22-13-15-24(16-14-22)23-11-9-8-10-12-23/h8-16,20-21,25-26,28H,6-7,17-19H2,1-5H3,(H2,32,36)(H,33,37)(H,34,38)/t21?,25?,26-,28?/m0/s1. The van der Waals surface area contributed by atoms with Crippen LogP contribution in [0.3, 0.4) is 0 Å². The number of hydrogen-bond acceptors (Lipinski definition) is 5. The van der Waals surface area contributed by atoms with Gasteiger partial charge in [-0.1, -0.05) is 88.7 Å². The Morgan fingerprint density at radius 2 is 1.46 bits per heavy atom. The van der Waals surface area contributed by atoms with Crippen molar-refractivity contribution in [1.82, 2.24) is 10.6 Å². The van der Waals surface area contributed by atoms with Crippen LogP contribution in [-0.4, -0.2) is 42.4 Å². The first-order chi connectivity index (χ1) is 18.5. The van der Waals surface area contributed by atoms with E-state index in [0.717, 1.165) is 16.7 Å². The number of esters is 1. The second-order valence-corrected chi connectivity index (χ2v) is 10.4. The highest BCUT2D eigenvalue weighted by molar-refractivity contribution is 5.93. The number of carbonyl (C=O) groups is 4. The fourth-order valence-electron chi connectivity index (χ4n) is 4.46. The summed E-state index contributed by atoms with van der Waals surface area (Å²) >= 11 is 0. The minimum atomic E-state index is -0.970. The molecule has 2 rings (SSSR count). The van der Waals surface area contributed by atoms with Gasteiger partial charge in [0, 0.05) is 12.3 Å². The normalized spacial score (nSPS) is 14.1. The maximum absolute atomic E-state index is 13.5. The molecule has 2 aromatic carbocycles. The predicted octanol–water partition coefficient (Wildman–Crippen LogP) is 4.01. The molecule has 2 aromatic rings. The van der Waals surface area contributed by atoms with E-state index >= 15 is 0 Å². The predicted molar refractivity (Wildman–Crippen MR) is 152 cm³/mol. The highest BCUT2D eigenvalue weighted by Gasteiger charge is 2.31. The zero-order chi connectivity index (χ0) is 28.9. The van der Waals surface area contributed by atoms with Gasteiger partial charge in [0.2, 0.25) is 17.7 Å². The van der Waals surface area contributed by atoms with Gasteiger partial charge >= 0.3 is 5.97 Å². The number of benzene rings is 2. The lowest BCUT2D eigenvalue weighted by Crippen LogP contribution is -2.56. The molecule has 0 aliphatic rings. The Morgan fingerprint density at radius 1 is 0.846 bits per heavy atom. The largest absolute Gasteiger partial charge is 0.466 e. The SMILES string of the molecule is CCOC(=O)CC(CC(C)C)C(=O)N[C@@H](Cc1ccc(-c2ccccc2)cc1)C(=O)NC(C(N)=O)C(C)CC. The van der Waals surface area contributed by atoms with Gasteiger partial charge in [-0.3, -0.25) is 19.2 Å². The van der Waals surface area contributed by atoms with Crippen LogP contribution >= 0.6 is 0 Å². The zero-order valence-electron chi connectivity index (χ0n) is 23.7. The summed E-state index contributed by atoms with van der Waals surface area (Å²) in [4.78, 5) is 51.1. The maximum atomic E-state index is 13.5. The highest BCUT2D eigenvalue weighted by Crippen LogP contribution is 2.21. The average Bonchev–Trinajstić information content (AvgIpc) is 2.91. The van der Waals surface area contributed by atoms with Crippen molar-refractivity contribution in [1.29, 1.82) is 0 Å². The Balaban J connectivity index is 2.30. The molecule has 3 amide bonds. The zero-order valence-corrected chi connectivity index (χ0v) is 23.7. The second-order valence-electron chi connectivity index (χ2n) is 10.4. The van der Waals surface area contributed by atoms with Gasteiger partial charge in [0.05, 0.1) is 13.0 Å². The van der Waals surface area contributed by atoms with Gasteiger partial charge in [-0.05, 0) is 41.9 Å². The molecule has 0 saturated carbocycles. The first kappa shape index (κ1) is 31.5. The third-order valence-corrected chi connectivity index (χ3v) is 6.80. The molecule has 4 atom stereocenters. The van der Waals surface area contributed by atoms with E-state index in [1.807, 2.05) is 82.3 Å². The van der Waals surface area contributed by atoms with Gasteiger partial charge in [-0.15, -0.1) is 0 Å². The van der Waals surface area contributed by atoms with Crippen molar-refractivity contribution in [3.05, 3.63) is 60.2 Å². The van der Waals surface area contributed by atoms with Crippen LogP contribution in [0.1, 0.15) is 59.4 Å². The summed E-state index contributed by atoms with van der Waals surface area (Å²) in [7, 11) is 0. The average molecular weight is 538 g/mol. The summed E-state index contributed by atoms with van der Waals surface area (Å²) in [6, 6.07) is 15.9. The van der Waals surface area contributed by atoms with E-state index in [1.165, 1.54) is 0 Å². The van der Waals surface area contributed by atoms with Crippen LogP contribution in [0.4, 0.5) is 0 Å². The van der Waals surface area contributed by atoms with Gasteiger partial charge < -0.3 is 21.1 Å². The summed E-state index contributed by atoms with van der Waals surface area (Å²) in [6.07, 6.45) is 1.23. The molecule has 0 aromatic heterocycles. The van der Waals surface area contributed by atoms with E-state index < -0.39 is 41.7 Å². The van der Waals surface area contributed by atoms with Crippen LogP contribution in [-0.2, 0) is 30.3 Å². The molecular formula is C31H43N3O5. The molecule has 212 valence electrons. The number of nitrogens with two attached hydrogens (primary N) is 1. The van der Waals surface area contributed by atoms with Crippen LogP contribution < -0.4 is 16.4 Å². The molecule has 0 heterocycles. The highest BCUT2D eigenvalue weighted by atomic mass is 16.5. The first-order valence-electron chi connectivity index (χ1n) is 13.8. The van der Waals surface area contributed by atoms with Crippen LogP contribution in [0.25, 0.3) is 11.1 Å². The van der Waals surface area contributed by atoms with Crippen molar-refractivity contribution in [2.24, 2.45) is 23.5 Å². The molecule has 8 nitrogen and oxygen atoms in total. The van der Waals surface area contributed by atoms with E-state index in [2.05, 4.69) is 10.6 Å². The molecule has 4 N–H and O–H groups in total. The monoisotopic (exact) mass is 537 g/mol. The smallest absolute Gasteiger partial charge is 0.306 e. The molecule has 0 aliphatic carbocycles. The molecule has 0 saturated heterocycles. The van der Waals surface area contributed by atoms with Gasteiger partial charge in [0.25, 0.3) is 0 Å². The Morgan fingerprint density at radius 3 is 2.00 bits per heavy atom. The fraction of sp³-hybridized carbons (Fsp3) is 0.484. The van der Waals surface area contributed by atoms with Crippen LogP contribution in [0.5, 0.6) is 0 Å². The molecule has 3 unspecified atom stereocenters. The molecule has 0 bridgehead atoms. The topological polar surface area (TPSA) is 128 Å². The number of hydrogen-bond donors (Lipinski definition) is 3. The number of nitrogens with one attached hydrogen (secondary N) is 2. The molecule has 8 heteroatoms. The third kappa shape index (κ3) is 10.2. The summed E-state index contributed by atoms with van der Waals surface area (Å²) in [5.74, 6) is -2.67. The maximum Gasteiger partial charge on any atom is 0.306 e. The number of ether oxygens (including phenoxy) is 1. The lowest BCUT2D eigenvalue weighted by molar-refractivity contribution is -0.147. The van der Waals surface area contributed by atoms with Crippen molar-refractivity contribution in [2.45, 2.75) is 72.4 Å². The minimum Gasteiger partial charge on any atom is -0.466 e. The molecule has 0 fully saturated rings. The third-order valence-electron chi connectivity index (χ3n) is 6.80. The van der Waals surface area contributed by atoms with E-state index in [-0.39, 0.29) is 31.3 Å². The van der Waals surface area contributed by atoms with Crippen molar-refractivity contribution in [3.8, 4) is 11.1 Å². The lowest BCUT2D eigenvalue weighted by Gasteiger charge is -2.26. The molecule has 39 heavy (non-hydrogen) atoms. The Kier molecular flexibility index (Phi) is 12.7. The molecule has 0 aliphatic heterocycles. The number of amides is 3. The number of primary amides is 1. The Labute approximate surface area is 232 Å². The quantitative estimate of drug-likeness (QED) is 0.296. The molecule has 0 spiro atoms. The van der Waals surface area contributed by atoms with Crippen molar-refractivity contribution < 1.29 is 23.9 Å². The Hall–Kier alpha value is -3.68. The van der Waals surface area contributed by atoms with Gasteiger partial charge in [0.1, 0.15) is 12.1 Å². The first-order valence-corrected chi connectivity index (χ1v) is 13.8. The molecular weight excluding hydrogens is 494 g/mol. The molecule has 0 radical (unpaired) electrons. The van der Waals surface area contributed by atoms with Crippen molar-refractivity contribution >= 4 is 23.7 Å². The van der Waals surface area contributed by atoms with E-state index in [9.17, 15) is 19.2 Å². The van der Waals surface area contributed by atoms with E-state index in [1.54, 1.807) is 6.92 Å². The summed E-state index contributed by atoms with van der Waals surface area (Å²) < 4.78 is 5.07. The van der Waals surface area contributed by atoms with Crippen LogP contribution in [0.2, 0.25) is 0 Å². The minimum absolute atomic E-state index is 0.0747. The van der Waals surface area contributed by atoms with Crippen molar-refractivity contribution in [2.75, 3.05) is 6.61 Å². The van der Waals surface area contributed by atoms with Gasteiger partial charge in [-0.2, -0.15) is 0 Å². The van der Waals surface area contributed by atoms with E-state index in [4.69, 9.17) is 10.5 Å². The fourth-order valence-corrected chi connectivity index (χ4v) is 4.46. The summed E-state index contributed by atoms with van der Waals surface area (Å²) in [5.41, 5.74) is 8.51. The van der Waals surface area contributed by atoms with E-state index in [0.29, 0.717) is 12.8 Å². The lowest BCUT2D eigenvalue weighted by atomic mass is 9.92. The van der Waals surface area contributed by atoms with Crippen molar-refractivity contribution in [3.63, 3.8) is 0 Å². The Bertz CT molecular complexity index is 1090. The van der Waals surface area contributed by atoms with Crippen LogP contribution in [0, 0.1) is 17.8 Å². The van der Waals surface area contributed by atoms with Crippen LogP contribution in [0.15, 0.2) is 54.6 Å². The second kappa shape index (κ2) is 15.7. The number of carbonyl (C=O) groups excluding carboxylic acids is 4. The summed E-state index contributed by atoms with van der Waals surface area (Å²) in [6.45, 7) is 9.62. The number of rotatable bonds is 15. The summed E-state index contributed by atoms with van der Waals surface area (Å²) in [5, 5.41) is 5.61. The van der Waals surface area contributed by atoms with Gasteiger partial charge in [-0.25, -0.2) is 0 Å². The van der Waals surface area contributed by atoms with Gasteiger partial charge in [0.15, 0.2) is 0 Å².